The minimum Gasteiger partial charge on any atom is -0.395 e. The molecule has 128 valence electrons. The van der Waals surface area contributed by atoms with Crippen LogP contribution in [0.2, 0.25) is 0 Å². The van der Waals surface area contributed by atoms with Gasteiger partial charge in [-0.1, -0.05) is 0 Å². The van der Waals surface area contributed by atoms with Crippen LogP contribution in [0.4, 0.5) is 0 Å². The van der Waals surface area contributed by atoms with Gasteiger partial charge < -0.3 is 15.1 Å². The lowest BCUT2D eigenvalue weighted by atomic mass is 10.2. The van der Waals surface area contributed by atoms with Crippen LogP contribution in [0.25, 0.3) is 5.82 Å². The lowest BCUT2D eigenvalue weighted by molar-refractivity contribution is 0.0661. The highest BCUT2D eigenvalue weighted by Gasteiger charge is 2.25. The van der Waals surface area contributed by atoms with Gasteiger partial charge in [-0.05, 0) is 12.1 Å². The zero-order chi connectivity index (χ0) is 16.9. The zero-order valence-electron chi connectivity index (χ0n) is 13.2. The standard InChI is InChI=1S/C15H20N6O3/c22-6-5-19-3-4-20(9-13(23)8-19)15(24)12-1-2-16-14(7-12)21-10-17-18-11-21/h1-2,7,10-11,13,22-23H,3-6,8-9H2. The molecule has 0 radical (unpaired) electrons. The minimum absolute atomic E-state index is 0.0350. The molecule has 0 bridgehead atoms. The molecule has 0 saturated carbocycles. The summed E-state index contributed by atoms with van der Waals surface area (Å²) in [5, 5.41) is 26.6. The lowest BCUT2D eigenvalue weighted by Gasteiger charge is -2.22. The van der Waals surface area contributed by atoms with E-state index in [1.165, 1.54) is 12.7 Å². The van der Waals surface area contributed by atoms with Crippen LogP contribution in [-0.4, -0.2) is 91.1 Å². The molecule has 9 heteroatoms. The summed E-state index contributed by atoms with van der Waals surface area (Å²) in [6, 6.07) is 3.33. The number of aliphatic hydroxyl groups is 2. The molecule has 2 aromatic heterocycles. The molecule has 9 nitrogen and oxygen atoms in total. The molecule has 0 spiro atoms. The summed E-state index contributed by atoms with van der Waals surface area (Å²) in [5.41, 5.74) is 0.497. The van der Waals surface area contributed by atoms with Crippen LogP contribution < -0.4 is 0 Å². The van der Waals surface area contributed by atoms with Gasteiger partial charge in [0.1, 0.15) is 18.5 Å². The summed E-state index contributed by atoms with van der Waals surface area (Å²) in [4.78, 5) is 20.6. The maximum atomic E-state index is 12.8. The normalized spacial score (nSPS) is 19.2. The molecule has 0 aromatic carbocycles. The van der Waals surface area contributed by atoms with E-state index in [4.69, 9.17) is 5.11 Å². The molecule has 1 amide bonds. The molecule has 2 aromatic rings. The molecule has 1 saturated heterocycles. The Balaban J connectivity index is 1.75. The van der Waals surface area contributed by atoms with E-state index < -0.39 is 6.10 Å². The Hall–Kier alpha value is -2.36. The second-order valence-electron chi connectivity index (χ2n) is 5.70. The van der Waals surface area contributed by atoms with Crippen molar-refractivity contribution in [2.75, 3.05) is 39.3 Å². The fraction of sp³-hybridized carbons (Fsp3) is 0.467. The highest BCUT2D eigenvalue weighted by molar-refractivity contribution is 5.94. The second kappa shape index (κ2) is 7.47. The number of nitrogens with zero attached hydrogens (tertiary/aromatic N) is 6. The summed E-state index contributed by atoms with van der Waals surface area (Å²) in [6.07, 6.45) is 3.95. The fourth-order valence-electron chi connectivity index (χ4n) is 2.78. The van der Waals surface area contributed by atoms with Gasteiger partial charge >= 0.3 is 0 Å². The van der Waals surface area contributed by atoms with Gasteiger partial charge in [0.2, 0.25) is 0 Å². The smallest absolute Gasteiger partial charge is 0.254 e. The van der Waals surface area contributed by atoms with Crippen molar-refractivity contribution in [3.8, 4) is 5.82 Å². The largest absolute Gasteiger partial charge is 0.395 e. The molecule has 2 N–H and O–H groups in total. The van der Waals surface area contributed by atoms with Gasteiger partial charge in [0.25, 0.3) is 5.91 Å². The molecule has 24 heavy (non-hydrogen) atoms. The average Bonchev–Trinajstić information content (AvgIpc) is 3.06. The van der Waals surface area contributed by atoms with Gasteiger partial charge in [-0.3, -0.25) is 14.3 Å². The minimum atomic E-state index is -0.637. The van der Waals surface area contributed by atoms with E-state index in [1.54, 1.807) is 27.8 Å². The summed E-state index contributed by atoms with van der Waals surface area (Å²) in [7, 11) is 0. The lowest BCUT2D eigenvalue weighted by Crippen LogP contribution is -2.37. The molecule has 0 aliphatic carbocycles. The van der Waals surface area contributed by atoms with E-state index in [1.807, 2.05) is 4.90 Å². The molecular weight excluding hydrogens is 312 g/mol. The number of hydrogen-bond donors (Lipinski definition) is 2. The summed E-state index contributed by atoms with van der Waals surface area (Å²) in [6.45, 7) is 2.37. The topological polar surface area (TPSA) is 108 Å². The summed E-state index contributed by atoms with van der Waals surface area (Å²) >= 11 is 0. The third kappa shape index (κ3) is 3.75. The Morgan fingerprint density at radius 1 is 1.25 bits per heavy atom. The maximum Gasteiger partial charge on any atom is 0.254 e. The van der Waals surface area contributed by atoms with E-state index in [0.717, 1.165) is 0 Å². The third-order valence-electron chi connectivity index (χ3n) is 3.97. The Bertz CT molecular complexity index is 678. The van der Waals surface area contributed by atoms with Gasteiger partial charge in [0.15, 0.2) is 0 Å². The average molecular weight is 332 g/mol. The molecule has 1 aliphatic rings. The van der Waals surface area contributed by atoms with Crippen LogP contribution in [0.3, 0.4) is 0 Å². The van der Waals surface area contributed by atoms with Crippen molar-refractivity contribution >= 4 is 5.91 Å². The van der Waals surface area contributed by atoms with Gasteiger partial charge in [-0.25, -0.2) is 4.98 Å². The Kier molecular flexibility index (Phi) is 5.14. The van der Waals surface area contributed by atoms with Crippen molar-refractivity contribution in [3.05, 3.63) is 36.5 Å². The molecule has 1 atom stereocenters. The number of carbonyl (C=O) groups excluding carboxylic acids is 1. The summed E-state index contributed by atoms with van der Waals surface area (Å²) < 4.78 is 1.62. The first-order valence-electron chi connectivity index (χ1n) is 7.79. The fourth-order valence-corrected chi connectivity index (χ4v) is 2.78. The first kappa shape index (κ1) is 16.5. The highest BCUT2D eigenvalue weighted by atomic mass is 16.3. The first-order valence-corrected chi connectivity index (χ1v) is 7.79. The number of pyridine rings is 1. The number of β-amino-alcohol motifs (C(OH)–C–C–N with tert-alkyl or cyclic N) is 2. The van der Waals surface area contributed by atoms with E-state index in [-0.39, 0.29) is 19.1 Å². The number of rotatable bonds is 4. The van der Waals surface area contributed by atoms with Gasteiger partial charge in [0, 0.05) is 44.5 Å². The van der Waals surface area contributed by atoms with Crippen LogP contribution >= 0.6 is 0 Å². The van der Waals surface area contributed by atoms with Gasteiger partial charge in [-0.2, -0.15) is 0 Å². The van der Waals surface area contributed by atoms with Crippen LogP contribution in [0, 0.1) is 0 Å². The van der Waals surface area contributed by atoms with E-state index >= 15 is 0 Å². The van der Waals surface area contributed by atoms with E-state index in [2.05, 4.69) is 15.2 Å². The van der Waals surface area contributed by atoms with Crippen molar-refractivity contribution in [1.82, 2.24) is 29.5 Å². The van der Waals surface area contributed by atoms with Crippen LogP contribution in [0.5, 0.6) is 0 Å². The third-order valence-corrected chi connectivity index (χ3v) is 3.97. The number of amides is 1. The van der Waals surface area contributed by atoms with Crippen molar-refractivity contribution in [3.63, 3.8) is 0 Å². The molecular formula is C15H20N6O3. The monoisotopic (exact) mass is 332 g/mol. The molecule has 1 fully saturated rings. The Morgan fingerprint density at radius 2 is 2.04 bits per heavy atom. The van der Waals surface area contributed by atoms with E-state index in [0.29, 0.717) is 37.6 Å². The molecule has 3 rings (SSSR count). The van der Waals surface area contributed by atoms with Crippen molar-refractivity contribution in [2.24, 2.45) is 0 Å². The number of aliphatic hydroxyl groups excluding tert-OH is 2. The quantitative estimate of drug-likeness (QED) is 0.722. The number of aromatic nitrogens is 4. The predicted molar refractivity (Wildman–Crippen MR) is 84.6 cm³/mol. The predicted octanol–water partition coefficient (Wildman–Crippen LogP) is -1.23. The zero-order valence-corrected chi connectivity index (χ0v) is 13.2. The highest BCUT2D eigenvalue weighted by Crippen LogP contribution is 2.12. The van der Waals surface area contributed by atoms with Crippen LogP contribution in [0.1, 0.15) is 10.4 Å². The van der Waals surface area contributed by atoms with E-state index in [9.17, 15) is 9.90 Å². The van der Waals surface area contributed by atoms with Crippen LogP contribution in [0.15, 0.2) is 31.0 Å². The second-order valence-corrected chi connectivity index (χ2v) is 5.70. The van der Waals surface area contributed by atoms with Gasteiger partial charge in [-0.15, -0.1) is 10.2 Å². The number of hydrogen-bond acceptors (Lipinski definition) is 7. The summed E-state index contributed by atoms with van der Waals surface area (Å²) in [5.74, 6) is 0.403. The van der Waals surface area contributed by atoms with Gasteiger partial charge in [0.05, 0.1) is 12.7 Å². The van der Waals surface area contributed by atoms with Crippen molar-refractivity contribution in [2.45, 2.75) is 6.10 Å². The number of carbonyl (C=O) groups is 1. The first-order chi connectivity index (χ1) is 11.7. The SMILES string of the molecule is O=C(c1ccnc(-n2cnnc2)c1)N1CCN(CCO)CC(O)C1. The van der Waals surface area contributed by atoms with Crippen molar-refractivity contribution < 1.29 is 15.0 Å². The molecule has 1 unspecified atom stereocenters. The molecule has 3 heterocycles. The molecule has 1 aliphatic heterocycles. The maximum absolute atomic E-state index is 12.8. The van der Waals surface area contributed by atoms with Crippen molar-refractivity contribution in [1.29, 1.82) is 0 Å². The Morgan fingerprint density at radius 3 is 2.79 bits per heavy atom. The Labute approximate surface area is 139 Å². The van der Waals surface area contributed by atoms with Crippen LogP contribution in [-0.2, 0) is 0 Å².